The molecule has 0 fully saturated rings. The number of alkyl halides is 1. The van der Waals surface area contributed by atoms with Gasteiger partial charge in [-0.3, -0.25) is 4.79 Å². The molecule has 0 aliphatic heterocycles. The molecular weight excluding hydrogens is 340 g/mol. The number of fused-ring (bicyclic) bond motifs is 1. The van der Waals surface area contributed by atoms with Gasteiger partial charge in [-0.15, -0.1) is 11.6 Å². The van der Waals surface area contributed by atoms with Crippen molar-refractivity contribution in [2.45, 2.75) is 12.6 Å². The molecule has 0 aliphatic carbocycles. The van der Waals surface area contributed by atoms with Crippen LogP contribution in [-0.4, -0.2) is 35.1 Å². The Kier molecular flexibility index (Phi) is 5.26. The SMILES string of the molecule is COc1ccc(Nc2c(C=O)c3ccccc3n2CC(O)CCl)cc1. The van der Waals surface area contributed by atoms with Crippen molar-refractivity contribution < 1.29 is 14.6 Å². The molecule has 0 bridgehead atoms. The van der Waals surface area contributed by atoms with Crippen molar-refractivity contribution >= 4 is 40.3 Å². The molecule has 2 N–H and O–H groups in total. The monoisotopic (exact) mass is 358 g/mol. The summed E-state index contributed by atoms with van der Waals surface area (Å²) in [7, 11) is 1.61. The molecule has 25 heavy (non-hydrogen) atoms. The summed E-state index contributed by atoms with van der Waals surface area (Å²) in [6.07, 6.45) is 0.117. The first-order chi connectivity index (χ1) is 12.2. The predicted octanol–water partition coefficient (Wildman–Crippen LogP) is 3.81. The number of halogens is 1. The van der Waals surface area contributed by atoms with Crippen LogP contribution >= 0.6 is 11.6 Å². The largest absolute Gasteiger partial charge is 0.497 e. The molecule has 1 atom stereocenters. The van der Waals surface area contributed by atoms with E-state index in [1.807, 2.05) is 53.1 Å². The van der Waals surface area contributed by atoms with Crippen molar-refractivity contribution in [1.29, 1.82) is 0 Å². The number of aliphatic hydroxyl groups is 1. The number of methoxy groups -OCH3 is 1. The third-order valence-electron chi connectivity index (χ3n) is 4.05. The fraction of sp³-hybridized carbons (Fsp3) is 0.211. The fourth-order valence-corrected chi connectivity index (χ4v) is 2.94. The molecule has 0 amide bonds. The highest BCUT2D eigenvalue weighted by Crippen LogP contribution is 2.32. The van der Waals surface area contributed by atoms with Gasteiger partial charge >= 0.3 is 0 Å². The second-order valence-electron chi connectivity index (χ2n) is 5.67. The Hall–Kier alpha value is -2.50. The molecule has 1 aromatic heterocycles. The van der Waals surface area contributed by atoms with Crippen molar-refractivity contribution in [2.24, 2.45) is 0 Å². The van der Waals surface area contributed by atoms with Gasteiger partial charge in [0.15, 0.2) is 6.29 Å². The van der Waals surface area contributed by atoms with Crippen molar-refractivity contribution in [1.82, 2.24) is 4.57 Å². The van der Waals surface area contributed by atoms with Gasteiger partial charge < -0.3 is 19.7 Å². The van der Waals surface area contributed by atoms with E-state index in [1.165, 1.54) is 0 Å². The number of hydrogen-bond donors (Lipinski definition) is 2. The maximum Gasteiger partial charge on any atom is 0.154 e. The van der Waals surface area contributed by atoms with E-state index in [-0.39, 0.29) is 12.4 Å². The number of para-hydroxylation sites is 1. The summed E-state index contributed by atoms with van der Waals surface area (Å²) in [5, 5.41) is 14.1. The van der Waals surface area contributed by atoms with E-state index in [2.05, 4.69) is 5.32 Å². The summed E-state index contributed by atoms with van der Waals surface area (Å²) >= 11 is 5.77. The summed E-state index contributed by atoms with van der Waals surface area (Å²) < 4.78 is 7.05. The Morgan fingerprint density at radius 3 is 2.60 bits per heavy atom. The maximum absolute atomic E-state index is 11.7. The van der Waals surface area contributed by atoms with Crippen molar-refractivity contribution in [3.8, 4) is 5.75 Å². The predicted molar refractivity (Wildman–Crippen MR) is 100 cm³/mol. The molecule has 2 aromatic carbocycles. The molecule has 0 radical (unpaired) electrons. The molecule has 0 saturated carbocycles. The van der Waals surface area contributed by atoms with E-state index in [0.717, 1.165) is 28.6 Å². The number of anilines is 2. The van der Waals surface area contributed by atoms with Crippen LogP contribution in [0.3, 0.4) is 0 Å². The fourth-order valence-electron chi connectivity index (χ4n) is 2.84. The van der Waals surface area contributed by atoms with Gasteiger partial charge in [-0.05, 0) is 30.3 Å². The number of rotatable bonds is 7. The van der Waals surface area contributed by atoms with Gasteiger partial charge in [0.05, 0.1) is 36.7 Å². The highest BCUT2D eigenvalue weighted by molar-refractivity contribution is 6.18. The van der Waals surface area contributed by atoms with Crippen molar-refractivity contribution in [2.75, 3.05) is 18.3 Å². The van der Waals surface area contributed by atoms with Gasteiger partial charge in [0.1, 0.15) is 11.6 Å². The molecule has 3 aromatic rings. The lowest BCUT2D eigenvalue weighted by Crippen LogP contribution is -2.18. The average Bonchev–Trinajstić information content (AvgIpc) is 2.95. The third kappa shape index (κ3) is 3.48. The molecule has 3 rings (SSSR count). The summed E-state index contributed by atoms with van der Waals surface area (Å²) in [6.45, 7) is 0.288. The van der Waals surface area contributed by atoms with E-state index in [9.17, 15) is 9.90 Å². The molecular formula is C19H19ClN2O3. The second kappa shape index (κ2) is 7.59. The number of aldehydes is 1. The minimum Gasteiger partial charge on any atom is -0.497 e. The van der Waals surface area contributed by atoms with Gasteiger partial charge in [0.2, 0.25) is 0 Å². The van der Waals surface area contributed by atoms with Crippen LogP contribution in [-0.2, 0) is 6.54 Å². The maximum atomic E-state index is 11.7. The molecule has 0 aliphatic rings. The Labute approximate surface area is 150 Å². The van der Waals surface area contributed by atoms with Gasteiger partial charge in [0.25, 0.3) is 0 Å². The number of hydrogen-bond acceptors (Lipinski definition) is 4. The quantitative estimate of drug-likeness (QED) is 0.498. The summed E-state index contributed by atoms with van der Waals surface area (Å²) in [4.78, 5) is 11.7. The lowest BCUT2D eigenvalue weighted by molar-refractivity contribution is 0.112. The molecule has 6 heteroatoms. The van der Waals surface area contributed by atoms with Crippen LogP contribution in [0.4, 0.5) is 11.5 Å². The minimum atomic E-state index is -0.714. The van der Waals surface area contributed by atoms with E-state index >= 15 is 0 Å². The van der Waals surface area contributed by atoms with Gasteiger partial charge in [-0.1, -0.05) is 18.2 Å². The van der Waals surface area contributed by atoms with Crippen LogP contribution in [0.25, 0.3) is 10.9 Å². The zero-order chi connectivity index (χ0) is 17.8. The summed E-state index contributed by atoms with van der Waals surface area (Å²) in [6, 6.07) is 15.0. The zero-order valence-electron chi connectivity index (χ0n) is 13.8. The van der Waals surface area contributed by atoms with E-state index in [4.69, 9.17) is 16.3 Å². The topological polar surface area (TPSA) is 63.5 Å². The van der Waals surface area contributed by atoms with Crippen LogP contribution < -0.4 is 10.1 Å². The van der Waals surface area contributed by atoms with Gasteiger partial charge in [0, 0.05) is 11.1 Å². The van der Waals surface area contributed by atoms with Crippen LogP contribution in [0, 0.1) is 0 Å². The molecule has 0 saturated heterocycles. The minimum absolute atomic E-state index is 0.116. The number of nitrogens with zero attached hydrogens (tertiary/aromatic N) is 1. The van der Waals surface area contributed by atoms with Crippen LogP contribution in [0.5, 0.6) is 5.75 Å². The highest BCUT2D eigenvalue weighted by atomic mass is 35.5. The Bertz CT molecular complexity index is 874. The number of nitrogens with one attached hydrogen (secondary N) is 1. The first-order valence-corrected chi connectivity index (χ1v) is 8.43. The normalized spacial score (nSPS) is 12.1. The Morgan fingerprint density at radius 1 is 1.24 bits per heavy atom. The Balaban J connectivity index is 2.10. The van der Waals surface area contributed by atoms with Crippen molar-refractivity contribution in [3.05, 3.63) is 54.1 Å². The lowest BCUT2D eigenvalue weighted by atomic mass is 10.2. The molecule has 1 unspecified atom stereocenters. The van der Waals surface area contributed by atoms with Crippen LogP contribution in [0.2, 0.25) is 0 Å². The number of benzene rings is 2. The third-order valence-corrected chi connectivity index (χ3v) is 4.41. The lowest BCUT2D eigenvalue weighted by Gasteiger charge is -2.16. The first kappa shape index (κ1) is 17.3. The van der Waals surface area contributed by atoms with Crippen molar-refractivity contribution in [3.63, 3.8) is 0 Å². The van der Waals surface area contributed by atoms with Gasteiger partial charge in [-0.2, -0.15) is 0 Å². The smallest absolute Gasteiger partial charge is 0.154 e. The van der Waals surface area contributed by atoms with Crippen LogP contribution in [0.1, 0.15) is 10.4 Å². The molecule has 5 nitrogen and oxygen atoms in total. The standard InChI is InChI=1S/C19H19ClN2O3/c1-25-15-8-6-13(7-9-15)21-19-17(12-23)16-4-2-3-5-18(16)22(19)11-14(24)10-20/h2-9,12,14,21,24H,10-11H2,1H3. The highest BCUT2D eigenvalue weighted by Gasteiger charge is 2.18. The summed E-state index contributed by atoms with van der Waals surface area (Å²) in [5.74, 6) is 1.50. The average molecular weight is 359 g/mol. The number of aliphatic hydroxyl groups excluding tert-OH is 1. The summed E-state index contributed by atoms with van der Waals surface area (Å²) in [5.41, 5.74) is 2.23. The van der Waals surface area contributed by atoms with E-state index in [1.54, 1.807) is 7.11 Å². The molecule has 0 spiro atoms. The Morgan fingerprint density at radius 2 is 1.96 bits per heavy atom. The van der Waals surface area contributed by atoms with E-state index < -0.39 is 6.10 Å². The number of carbonyl (C=O) groups is 1. The first-order valence-electron chi connectivity index (χ1n) is 7.89. The van der Waals surface area contributed by atoms with Crippen LogP contribution in [0.15, 0.2) is 48.5 Å². The molecule has 130 valence electrons. The number of ether oxygens (including phenoxy) is 1. The number of carbonyl (C=O) groups excluding carboxylic acids is 1. The van der Waals surface area contributed by atoms with E-state index in [0.29, 0.717) is 11.4 Å². The molecule has 1 heterocycles. The second-order valence-corrected chi connectivity index (χ2v) is 5.98. The number of aromatic nitrogens is 1. The van der Waals surface area contributed by atoms with Gasteiger partial charge in [-0.25, -0.2) is 0 Å². The zero-order valence-corrected chi connectivity index (χ0v) is 14.5.